The Kier molecular flexibility index (Phi) is 4.93. The van der Waals surface area contributed by atoms with Gasteiger partial charge in [-0.15, -0.1) is 0 Å². The maximum atomic E-state index is 12.2. The third-order valence-electron chi connectivity index (χ3n) is 3.32. The van der Waals surface area contributed by atoms with Gasteiger partial charge in [0.2, 0.25) is 5.91 Å². The van der Waals surface area contributed by atoms with E-state index in [4.69, 9.17) is 4.74 Å². The van der Waals surface area contributed by atoms with Gasteiger partial charge in [-0.1, -0.05) is 42.5 Å². The topological polar surface area (TPSA) is 55.4 Å². The molecule has 1 N–H and O–H groups in total. The van der Waals surface area contributed by atoms with Gasteiger partial charge in [0.1, 0.15) is 0 Å². The van der Waals surface area contributed by atoms with Gasteiger partial charge in [0.25, 0.3) is 0 Å². The third-order valence-corrected chi connectivity index (χ3v) is 3.32. The molecule has 110 valence electrons. The van der Waals surface area contributed by atoms with Gasteiger partial charge in [-0.2, -0.15) is 0 Å². The predicted octanol–water partition coefficient (Wildman–Crippen LogP) is 2.67. The first-order chi connectivity index (χ1) is 10.2. The maximum absolute atomic E-state index is 12.2. The van der Waals surface area contributed by atoms with Crippen LogP contribution in [0.2, 0.25) is 0 Å². The third kappa shape index (κ3) is 3.40. The van der Waals surface area contributed by atoms with E-state index < -0.39 is 0 Å². The molecule has 4 nitrogen and oxygen atoms in total. The largest absolute Gasteiger partial charge is 0.463 e. The number of amides is 1. The van der Waals surface area contributed by atoms with Crippen molar-refractivity contribution in [2.24, 2.45) is 5.92 Å². The molecule has 4 heteroatoms. The minimum atomic E-state index is -0.370. The number of carbonyl (C=O) groups is 2. The molecule has 21 heavy (non-hydrogen) atoms. The van der Waals surface area contributed by atoms with Gasteiger partial charge in [-0.3, -0.25) is 4.79 Å². The fourth-order valence-electron chi connectivity index (χ4n) is 2.35. The monoisotopic (exact) mass is 285 g/mol. The summed E-state index contributed by atoms with van der Waals surface area (Å²) in [6, 6.07) is 9.36. The van der Waals surface area contributed by atoms with Gasteiger partial charge in [0.05, 0.1) is 23.8 Å². The van der Waals surface area contributed by atoms with Crippen LogP contribution in [0.15, 0.2) is 48.1 Å². The Morgan fingerprint density at radius 3 is 2.71 bits per heavy atom. The summed E-state index contributed by atoms with van der Waals surface area (Å²) in [5, 5.41) is 2.85. The van der Waals surface area contributed by atoms with Crippen LogP contribution in [-0.4, -0.2) is 18.5 Å². The SMILES string of the molecule is C/C=C/C1CC(C(=O)OCC)=C(c2ccccc2)NC1=O. The highest BCUT2D eigenvalue weighted by Crippen LogP contribution is 2.28. The Bertz CT molecular complexity index is 587. The van der Waals surface area contributed by atoms with Crippen molar-refractivity contribution < 1.29 is 14.3 Å². The molecule has 0 spiro atoms. The molecule has 1 aromatic carbocycles. The Balaban J connectivity index is 2.45. The van der Waals surface area contributed by atoms with Crippen LogP contribution < -0.4 is 5.32 Å². The molecule has 0 bridgehead atoms. The molecular weight excluding hydrogens is 266 g/mol. The summed E-state index contributed by atoms with van der Waals surface area (Å²) in [6.07, 6.45) is 3.98. The summed E-state index contributed by atoms with van der Waals surface area (Å²) >= 11 is 0. The first-order valence-electron chi connectivity index (χ1n) is 7.06. The molecule has 1 unspecified atom stereocenters. The van der Waals surface area contributed by atoms with Crippen LogP contribution in [0.4, 0.5) is 0 Å². The first-order valence-corrected chi connectivity index (χ1v) is 7.06. The van der Waals surface area contributed by atoms with Crippen LogP contribution in [0.3, 0.4) is 0 Å². The molecule has 0 aliphatic carbocycles. The minimum absolute atomic E-state index is 0.0972. The molecule has 0 saturated carbocycles. The highest BCUT2D eigenvalue weighted by atomic mass is 16.5. The number of allylic oxidation sites excluding steroid dienone is 1. The molecule has 0 fully saturated rings. The molecule has 1 atom stereocenters. The lowest BCUT2D eigenvalue weighted by Gasteiger charge is -2.25. The maximum Gasteiger partial charge on any atom is 0.336 e. The summed E-state index contributed by atoms with van der Waals surface area (Å²) < 4.78 is 5.12. The quantitative estimate of drug-likeness (QED) is 0.683. The number of rotatable bonds is 4. The van der Waals surface area contributed by atoms with Crippen LogP contribution in [0.25, 0.3) is 5.70 Å². The van der Waals surface area contributed by atoms with Crippen LogP contribution in [0.5, 0.6) is 0 Å². The second kappa shape index (κ2) is 6.88. The lowest BCUT2D eigenvalue weighted by atomic mass is 9.90. The fourth-order valence-corrected chi connectivity index (χ4v) is 2.35. The van der Waals surface area contributed by atoms with Crippen molar-refractivity contribution in [3.63, 3.8) is 0 Å². The van der Waals surface area contributed by atoms with E-state index in [-0.39, 0.29) is 17.8 Å². The van der Waals surface area contributed by atoms with Crippen molar-refractivity contribution in [3.05, 3.63) is 53.6 Å². The smallest absolute Gasteiger partial charge is 0.336 e. The molecule has 1 aromatic rings. The Labute approximate surface area is 124 Å². The second-order valence-electron chi connectivity index (χ2n) is 4.77. The van der Waals surface area contributed by atoms with E-state index >= 15 is 0 Å². The zero-order valence-corrected chi connectivity index (χ0v) is 12.3. The van der Waals surface area contributed by atoms with Crippen LogP contribution in [-0.2, 0) is 14.3 Å². The lowest BCUT2D eigenvalue weighted by molar-refractivity contribution is -0.138. The van der Waals surface area contributed by atoms with Gasteiger partial charge in [0.15, 0.2) is 0 Å². The van der Waals surface area contributed by atoms with Gasteiger partial charge in [-0.25, -0.2) is 4.79 Å². The Morgan fingerprint density at radius 2 is 2.10 bits per heavy atom. The van der Waals surface area contributed by atoms with E-state index in [1.54, 1.807) is 13.0 Å². The van der Waals surface area contributed by atoms with E-state index in [9.17, 15) is 9.59 Å². The second-order valence-corrected chi connectivity index (χ2v) is 4.77. The molecule has 1 aliphatic heterocycles. The van der Waals surface area contributed by atoms with E-state index in [1.165, 1.54) is 0 Å². The number of esters is 1. The van der Waals surface area contributed by atoms with Crippen molar-refractivity contribution in [2.75, 3.05) is 6.61 Å². The van der Waals surface area contributed by atoms with Gasteiger partial charge >= 0.3 is 5.97 Å². The highest BCUT2D eigenvalue weighted by Gasteiger charge is 2.30. The zero-order chi connectivity index (χ0) is 15.2. The number of nitrogens with one attached hydrogen (secondary N) is 1. The van der Waals surface area contributed by atoms with E-state index in [0.717, 1.165) is 5.56 Å². The zero-order valence-electron chi connectivity index (χ0n) is 12.3. The molecular formula is C17H19NO3. The fraction of sp³-hybridized carbons (Fsp3) is 0.294. The predicted molar refractivity (Wildman–Crippen MR) is 81.1 cm³/mol. The standard InChI is InChI=1S/C17H19NO3/c1-3-8-13-11-14(17(20)21-4-2)15(18-16(13)19)12-9-6-5-7-10-12/h3,5-10,13H,4,11H2,1-2H3,(H,18,19)/b8-3+. The average molecular weight is 285 g/mol. The minimum Gasteiger partial charge on any atom is -0.463 e. The Hall–Kier alpha value is -2.36. The summed E-state index contributed by atoms with van der Waals surface area (Å²) in [5.74, 6) is -0.798. The van der Waals surface area contributed by atoms with Gasteiger partial charge in [0, 0.05) is 0 Å². The Morgan fingerprint density at radius 1 is 1.38 bits per heavy atom. The van der Waals surface area contributed by atoms with Crippen molar-refractivity contribution in [3.8, 4) is 0 Å². The number of hydrogen-bond acceptors (Lipinski definition) is 3. The molecule has 2 rings (SSSR count). The van der Waals surface area contributed by atoms with Crippen LogP contribution >= 0.6 is 0 Å². The summed E-state index contributed by atoms with van der Waals surface area (Å²) in [4.78, 5) is 24.3. The summed E-state index contributed by atoms with van der Waals surface area (Å²) in [5.41, 5.74) is 1.89. The van der Waals surface area contributed by atoms with Crippen molar-refractivity contribution in [1.29, 1.82) is 0 Å². The van der Waals surface area contributed by atoms with Crippen LogP contribution in [0, 0.1) is 5.92 Å². The average Bonchev–Trinajstić information content (AvgIpc) is 2.50. The molecule has 0 aromatic heterocycles. The van der Waals surface area contributed by atoms with Crippen molar-refractivity contribution in [1.82, 2.24) is 5.32 Å². The van der Waals surface area contributed by atoms with Crippen molar-refractivity contribution in [2.45, 2.75) is 20.3 Å². The van der Waals surface area contributed by atoms with Gasteiger partial charge < -0.3 is 10.1 Å². The molecule has 1 heterocycles. The van der Waals surface area contributed by atoms with E-state index in [0.29, 0.717) is 24.3 Å². The van der Waals surface area contributed by atoms with E-state index in [2.05, 4.69) is 5.32 Å². The molecule has 0 saturated heterocycles. The van der Waals surface area contributed by atoms with Crippen LogP contribution in [0.1, 0.15) is 25.8 Å². The number of ether oxygens (including phenoxy) is 1. The molecule has 0 radical (unpaired) electrons. The number of carbonyl (C=O) groups excluding carboxylic acids is 2. The molecule has 1 aliphatic rings. The highest BCUT2D eigenvalue weighted by molar-refractivity contribution is 6.04. The van der Waals surface area contributed by atoms with Crippen molar-refractivity contribution >= 4 is 17.6 Å². The lowest BCUT2D eigenvalue weighted by Crippen LogP contribution is -2.36. The number of hydrogen-bond donors (Lipinski definition) is 1. The summed E-state index contributed by atoms with van der Waals surface area (Å²) in [6.45, 7) is 3.94. The molecule has 1 amide bonds. The van der Waals surface area contributed by atoms with E-state index in [1.807, 2.05) is 43.3 Å². The summed E-state index contributed by atoms with van der Waals surface area (Å²) in [7, 11) is 0. The number of benzene rings is 1. The van der Waals surface area contributed by atoms with Gasteiger partial charge in [-0.05, 0) is 25.8 Å². The normalized spacial score (nSPS) is 18.8. The first kappa shape index (κ1) is 15.0.